The number of allylic oxidation sites excluding steroid dienone is 1. The van der Waals surface area contributed by atoms with Crippen molar-refractivity contribution in [2.75, 3.05) is 20.2 Å². The number of nitrogens with one attached hydrogen (secondary N) is 1. The van der Waals surface area contributed by atoms with Crippen molar-refractivity contribution in [1.82, 2.24) is 20.4 Å². The Bertz CT molecular complexity index is 1290. The molecule has 0 saturated heterocycles. The standard InChI is InChI=1S/C27H33F2N5O4S/c1-4-12-38-18-8-10-27(30-3,11-9-18)34(5-2)26(37)22-24(36)23(35)19(15-31-22)25-33-32-21(39-25)13-16-6-7-17(28)14-20(16)29/h6-7,14-15,18,30,36H,4-5,8-13H2,1-3H3,(H,31,35)/p+1. The lowest BCUT2D eigenvalue weighted by molar-refractivity contribution is -0.531. The number of ether oxygens (including phenoxy) is 1. The molecule has 39 heavy (non-hydrogen) atoms. The van der Waals surface area contributed by atoms with Gasteiger partial charge < -0.3 is 14.7 Å². The van der Waals surface area contributed by atoms with Crippen LogP contribution in [0.4, 0.5) is 8.78 Å². The lowest BCUT2D eigenvalue weighted by atomic mass is 9.85. The number of nitrogens with two attached hydrogens (primary N) is 1. The highest BCUT2D eigenvalue weighted by Crippen LogP contribution is 2.34. The Morgan fingerprint density at radius 1 is 1.28 bits per heavy atom. The average molecular weight is 563 g/mol. The van der Waals surface area contributed by atoms with Gasteiger partial charge in [0, 0.05) is 25.6 Å². The first kappa shape index (κ1) is 28.9. The van der Waals surface area contributed by atoms with E-state index in [9.17, 15) is 23.5 Å². The monoisotopic (exact) mass is 562 g/mol. The molecule has 0 atom stereocenters. The van der Waals surface area contributed by atoms with Crippen molar-refractivity contribution >= 4 is 28.6 Å². The van der Waals surface area contributed by atoms with Crippen LogP contribution in [0.15, 0.2) is 35.9 Å². The van der Waals surface area contributed by atoms with E-state index in [-0.39, 0.29) is 34.4 Å². The Morgan fingerprint density at radius 3 is 2.67 bits per heavy atom. The van der Waals surface area contributed by atoms with Crippen LogP contribution in [0.2, 0.25) is 0 Å². The summed E-state index contributed by atoms with van der Waals surface area (Å²) in [4.78, 5) is 28.4. The summed E-state index contributed by atoms with van der Waals surface area (Å²) >= 11 is 1.06. The first-order valence-corrected chi connectivity index (χ1v) is 14.0. The van der Waals surface area contributed by atoms with E-state index in [1.165, 1.54) is 17.6 Å². The molecule has 1 aromatic heterocycles. The third-order valence-corrected chi connectivity index (χ3v) is 8.23. The molecule has 1 fully saturated rings. The number of quaternary nitrogens is 1. The predicted molar refractivity (Wildman–Crippen MR) is 141 cm³/mol. The molecule has 12 heteroatoms. The normalized spacial score (nSPS) is 21.7. The molecule has 210 valence electrons. The maximum atomic E-state index is 14.0. The van der Waals surface area contributed by atoms with Crippen LogP contribution >= 0.6 is 11.3 Å². The van der Waals surface area contributed by atoms with Crippen LogP contribution in [0.1, 0.15) is 61.5 Å². The van der Waals surface area contributed by atoms with Crippen LogP contribution in [-0.4, -0.2) is 63.9 Å². The number of aliphatic hydroxyl groups is 1. The van der Waals surface area contributed by atoms with Crippen LogP contribution in [0.5, 0.6) is 0 Å². The van der Waals surface area contributed by atoms with Crippen molar-refractivity contribution in [2.45, 2.75) is 64.1 Å². The van der Waals surface area contributed by atoms with Crippen molar-refractivity contribution in [3.63, 3.8) is 0 Å². The molecule has 1 aliphatic heterocycles. The number of ketones is 1. The predicted octanol–water partition coefficient (Wildman–Crippen LogP) is 2.80. The molecule has 1 aromatic carbocycles. The van der Waals surface area contributed by atoms with Crippen molar-refractivity contribution in [3.8, 4) is 0 Å². The van der Waals surface area contributed by atoms with Crippen LogP contribution in [0.3, 0.4) is 0 Å². The van der Waals surface area contributed by atoms with Gasteiger partial charge in [0.05, 0.1) is 11.8 Å². The van der Waals surface area contributed by atoms with Gasteiger partial charge >= 0.3 is 5.91 Å². The number of carbonyl (C=O) groups excluding carboxylic acids is 2. The number of benzene rings is 1. The quantitative estimate of drug-likeness (QED) is 0.381. The summed E-state index contributed by atoms with van der Waals surface area (Å²) in [6.07, 6.45) is 5.58. The molecule has 4 rings (SSSR count). The van der Waals surface area contributed by atoms with Crippen molar-refractivity contribution < 1.29 is 33.5 Å². The average Bonchev–Trinajstić information content (AvgIpc) is 3.39. The summed E-state index contributed by atoms with van der Waals surface area (Å²) in [5.74, 6) is -3.19. The van der Waals surface area contributed by atoms with Crippen LogP contribution < -0.4 is 10.6 Å². The highest BCUT2D eigenvalue weighted by Gasteiger charge is 2.45. The van der Waals surface area contributed by atoms with Crippen molar-refractivity contribution in [2.24, 2.45) is 0 Å². The molecule has 0 unspecified atom stereocenters. The molecule has 2 heterocycles. The number of likely N-dealkylation sites (N-methyl/N-ethyl adjacent to an activating group) is 1. The number of halogens is 2. The topological polar surface area (TPSA) is 121 Å². The summed E-state index contributed by atoms with van der Waals surface area (Å²) in [5.41, 5.74) is -0.361. The van der Waals surface area contributed by atoms with Gasteiger partial charge in [-0.15, -0.1) is 10.2 Å². The van der Waals surface area contributed by atoms with Gasteiger partial charge in [-0.05, 0) is 57.7 Å². The SMILES string of the molecule is CCCOC1CCC(NC)(N(CC)C(=O)C2=C(O)C(=O)C(c3nnc(Cc4ccc(F)cc4F)s3)=C[NH2+]2)CC1. The number of aliphatic hydroxyl groups excluding tert-OH is 1. The Balaban J connectivity index is 1.48. The van der Waals surface area contributed by atoms with E-state index in [1.54, 1.807) is 4.90 Å². The highest BCUT2D eigenvalue weighted by atomic mass is 32.1. The van der Waals surface area contributed by atoms with Gasteiger partial charge in [0.1, 0.15) is 28.4 Å². The van der Waals surface area contributed by atoms with E-state index in [4.69, 9.17) is 4.74 Å². The Kier molecular flexibility index (Phi) is 9.21. The zero-order valence-electron chi connectivity index (χ0n) is 22.3. The van der Waals surface area contributed by atoms with E-state index >= 15 is 0 Å². The lowest BCUT2D eigenvalue weighted by Gasteiger charge is -2.47. The van der Waals surface area contributed by atoms with E-state index in [0.717, 1.165) is 42.7 Å². The molecule has 1 saturated carbocycles. The molecule has 2 aliphatic rings. The first-order valence-electron chi connectivity index (χ1n) is 13.1. The fourth-order valence-electron chi connectivity index (χ4n) is 5.13. The molecule has 1 amide bonds. The van der Waals surface area contributed by atoms with Gasteiger partial charge in [0.15, 0.2) is 5.01 Å². The van der Waals surface area contributed by atoms with Gasteiger partial charge in [0.2, 0.25) is 17.2 Å². The molecular weight excluding hydrogens is 528 g/mol. The second-order valence-corrected chi connectivity index (χ2v) is 10.7. The number of carbonyl (C=O) groups is 2. The zero-order chi connectivity index (χ0) is 28.2. The molecule has 0 spiro atoms. The lowest BCUT2D eigenvalue weighted by Crippen LogP contribution is -2.81. The van der Waals surface area contributed by atoms with Gasteiger partial charge in [0.25, 0.3) is 0 Å². The van der Waals surface area contributed by atoms with E-state index in [2.05, 4.69) is 22.4 Å². The summed E-state index contributed by atoms with van der Waals surface area (Å²) in [6, 6.07) is 3.29. The Hall–Kier alpha value is -3.06. The third-order valence-electron chi connectivity index (χ3n) is 7.28. The van der Waals surface area contributed by atoms with Crippen LogP contribution in [0, 0.1) is 11.6 Å². The number of rotatable bonds is 10. The smallest absolute Gasteiger partial charge is 0.313 e. The largest absolute Gasteiger partial charge is 0.500 e. The number of hydrogen-bond donors (Lipinski definition) is 3. The first-order chi connectivity index (χ1) is 18.7. The Morgan fingerprint density at radius 2 is 2.03 bits per heavy atom. The van der Waals surface area contributed by atoms with E-state index < -0.39 is 34.7 Å². The number of amides is 1. The molecule has 2 aromatic rings. The van der Waals surface area contributed by atoms with Crippen LogP contribution in [0.25, 0.3) is 5.57 Å². The molecule has 9 nitrogen and oxygen atoms in total. The number of hydrogen-bond acceptors (Lipinski definition) is 8. The molecule has 4 N–H and O–H groups in total. The summed E-state index contributed by atoms with van der Waals surface area (Å²) < 4.78 is 33.1. The second kappa shape index (κ2) is 12.4. The van der Waals surface area contributed by atoms with Crippen LogP contribution in [-0.2, 0) is 20.7 Å². The molecule has 1 aliphatic carbocycles. The molecule has 0 radical (unpaired) electrons. The molecular formula is C27H34F2N5O4S+. The maximum Gasteiger partial charge on any atom is 0.313 e. The van der Waals surface area contributed by atoms with Crippen molar-refractivity contribution in [1.29, 1.82) is 0 Å². The summed E-state index contributed by atoms with van der Waals surface area (Å²) in [5, 5.41) is 24.3. The summed E-state index contributed by atoms with van der Waals surface area (Å²) in [7, 11) is 1.82. The van der Waals surface area contributed by atoms with E-state index in [1.807, 2.05) is 14.0 Å². The number of Topliss-reactive ketones (excluding diaryl/α,β-unsaturated/α-hetero) is 1. The molecule has 0 bridgehead atoms. The van der Waals surface area contributed by atoms with Gasteiger partial charge in [-0.2, -0.15) is 0 Å². The number of aromatic nitrogens is 2. The van der Waals surface area contributed by atoms with E-state index in [0.29, 0.717) is 31.0 Å². The minimum Gasteiger partial charge on any atom is -0.500 e. The summed E-state index contributed by atoms with van der Waals surface area (Å²) in [6.45, 7) is 5.03. The third kappa shape index (κ3) is 6.08. The van der Waals surface area contributed by atoms with Gasteiger partial charge in [-0.25, -0.2) is 8.78 Å². The van der Waals surface area contributed by atoms with Gasteiger partial charge in [-0.1, -0.05) is 24.3 Å². The number of nitrogens with zero attached hydrogens (tertiary/aromatic N) is 3. The fourth-order valence-corrected chi connectivity index (χ4v) is 6.02. The Labute approximate surface area is 230 Å². The van der Waals surface area contributed by atoms with Crippen molar-refractivity contribution in [3.05, 3.63) is 63.1 Å². The fraction of sp³-hybridized carbons (Fsp3) is 0.481. The zero-order valence-corrected chi connectivity index (χ0v) is 23.1. The minimum atomic E-state index is -0.734. The second-order valence-electron chi connectivity index (χ2n) is 9.65. The highest BCUT2D eigenvalue weighted by molar-refractivity contribution is 7.12. The van der Waals surface area contributed by atoms with Gasteiger partial charge in [-0.3, -0.25) is 20.2 Å². The minimum absolute atomic E-state index is 0.0718. The maximum absolute atomic E-state index is 14.0.